The third-order valence-electron chi connectivity index (χ3n) is 1.32. The topological polar surface area (TPSA) is 46.2 Å². The molecule has 5 heteroatoms. The second-order valence-electron chi connectivity index (χ2n) is 2.02. The van der Waals surface area contributed by atoms with Crippen molar-refractivity contribution >= 4 is 39.6 Å². The summed E-state index contributed by atoms with van der Waals surface area (Å²) in [6.07, 6.45) is 0. The van der Waals surface area contributed by atoms with Crippen LogP contribution in [0.4, 0.5) is 0 Å². The molecule has 0 atom stereocenters. The van der Waals surface area contributed by atoms with Crippen LogP contribution in [0.1, 0.15) is 0 Å². The predicted molar refractivity (Wildman–Crippen MR) is 48.4 cm³/mol. The summed E-state index contributed by atoms with van der Waals surface area (Å²) in [7, 11) is -1.86. The molecule has 12 heavy (non-hydrogen) atoms. The molecule has 1 radical (unpaired) electrons. The monoisotopic (exact) mass is 194 g/mol. The Morgan fingerprint density at radius 3 is 2.08 bits per heavy atom. The molecule has 1 aromatic carbocycles. The van der Waals surface area contributed by atoms with Gasteiger partial charge in [0.25, 0.3) is 0 Å². The predicted octanol–water partition coefficient (Wildman–Crippen LogP) is 0.214. The minimum atomic E-state index is -3.25. The molecule has 0 spiro atoms. The van der Waals surface area contributed by atoms with Gasteiger partial charge in [-0.05, 0) is 19.2 Å². The first kappa shape index (κ1) is 12.1. The van der Waals surface area contributed by atoms with Crippen molar-refractivity contribution in [3.05, 3.63) is 30.3 Å². The van der Waals surface area contributed by atoms with Gasteiger partial charge in [0, 0.05) is 29.6 Å². The molecule has 0 aromatic heterocycles. The van der Waals surface area contributed by atoms with Crippen molar-refractivity contribution < 1.29 is 8.42 Å². The standard InChI is InChI=1S/C7H9NO2S.Na/c1-8-11(9,10)7-5-3-2-4-6-7;/h2-6,8H,1H3;. The first-order chi connectivity index (χ1) is 5.17. The molecule has 0 fully saturated rings. The van der Waals surface area contributed by atoms with E-state index in [4.69, 9.17) is 0 Å². The largest absolute Gasteiger partial charge is 0.240 e. The number of hydrogen-bond acceptors (Lipinski definition) is 2. The quantitative estimate of drug-likeness (QED) is 0.684. The van der Waals surface area contributed by atoms with E-state index < -0.39 is 10.0 Å². The molecule has 61 valence electrons. The summed E-state index contributed by atoms with van der Waals surface area (Å²) in [5, 5.41) is 0. The summed E-state index contributed by atoms with van der Waals surface area (Å²) >= 11 is 0. The summed E-state index contributed by atoms with van der Waals surface area (Å²) in [6, 6.07) is 8.24. The second-order valence-corrected chi connectivity index (χ2v) is 3.91. The number of hydrogen-bond donors (Lipinski definition) is 1. The van der Waals surface area contributed by atoms with E-state index in [1.807, 2.05) is 0 Å². The van der Waals surface area contributed by atoms with E-state index in [2.05, 4.69) is 4.72 Å². The van der Waals surface area contributed by atoms with Crippen LogP contribution in [0.5, 0.6) is 0 Å². The normalized spacial score (nSPS) is 10.4. The maximum atomic E-state index is 11.1. The van der Waals surface area contributed by atoms with Crippen molar-refractivity contribution in [2.75, 3.05) is 7.05 Å². The molecule has 1 N–H and O–H groups in total. The Hall–Kier alpha value is 0.130. The summed E-state index contributed by atoms with van der Waals surface area (Å²) in [5.74, 6) is 0. The molecule has 1 rings (SSSR count). The fourth-order valence-corrected chi connectivity index (χ4v) is 1.47. The van der Waals surface area contributed by atoms with Crippen LogP contribution in [-0.2, 0) is 10.0 Å². The molecule has 0 saturated carbocycles. The second kappa shape index (κ2) is 4.99. The average molecular weight is 194 g/mol. The van der Waals surface area contributed by atoms with Gasteiger partial charge in [0.05, 0.1) is 4.90 Å². The smallest absolute Gasteiger partial charge is 0.214 e. The van der Waals surface area contributed by atoms with Crippen molar-refractivity contribution in [1.29, 1.82) is 0 Å². The Balaban J connectivity index is 0.00000121. The van der Waals surface area contributed by atoms with Gasteiger partial charge in [-0.2, -0.15) is 0 Å². The van der Waals surface area contributed by atoms with Crippen molar-refractivity contribution in [3.63, 3.8) is 0 Å². The third kappa shape index (κ3) is 2.88. The molecule has 0 aliphatic heterocycles. The zero-order chi connectivity index (χ0) is 8.32. The number of nitrogens with one attached hydrogen (secondary N) is 1. The molecular weight excluding hydrogens is 185 g/mol. The van der Waals surface area contributed by atoms with Gasteiger partial charge in [-0.15, -0.1) is 0 Å². The average Bonchev–Trinajstić information content (AvgIpc) is 2.06. The van der Waals surface area contributed by atoms with Crippen LogP contribution in [0.2, 0.25) is 0 Å². The van der Waals surface area contributed by atoms with Gasteiger partial charge >= 0.3 is 0 Å². The summed E-state index contributed by atoms with van der Waals surface area (Å²) in [5.41, 5.74) is 0. The zero-order valence-corrected chi connectivity index (χ0v) is 9.93. The Bertz CT molecular complexity index is 323. The van der Waals surface area contributed by atoms with Crippen LogP contribution in [0.3, 0.4) is 0 Å². The van der Waals surface area contributed by atoms with Crippen LogP contribution >= 0.6 is 0 Å². The number of benzene rings is 1. The molecule has 0 aliphatic carbocycles. The molecule has 0 aliphatic rings. The van der Waals surface area contributed by atoms with Gasteiger partial charge < -0.3 is 0 Å². The molecule has 0 bridgehead atoms. The Morgan fingerprint density at radius 2 is 1.67 bits per heavy atom. The molecule has 0 amide bonds. The summed E-state index contributed by atoms with van der Waals surface area (Å²) in [4.78, 5) is 0.294. The summed E-state index contributed by atoms with van der Waals surface area (Å²) in [6.45, 7) is 0. The summed E-state index contributed by atoms with van der Waals surface area (Å²) < 4.78 is 24.4. The van der Waals surface area contributed by atoms with E-state index >= 15 is 0 Å². The molecule has 1 aromatic rings. The van der Waals surface area contributed by atoms with Gasteiger partial charge in [0.15, 0.2) is 0 Å². The van der Waals surface area contributed by atoms with E-state index in [-0.39, 0.29) is 29.6 Å². The SMILES string of the molecule is CNS(=O)(=O)c1ccccc1.[Na]. The number of sulfonamides is 1. The fraction of sp³-hybridized carbons (Fsp3) is 0.143. The maximum Gasteiger partial charge on any atom is 0.240 e. The van der Waals surface area contributed by atoms with Gasteiger partial charge in [0.2, 0.25) is 10.0 Å². The Labute approximate surface area is 94.5 Å². The molecule has 0 heterocycles. The van der Waals surface area contributed by atoms with Crippen molar-refractivity contribution in [2.45, 2.75) is 4.90 Å². The minimum Gasteiger partial charge on any atom is -0.214 e. The van der Waals surface area contributed by atoms with Gasteiger partial charge in [0.1, 0.15) is 0 Å². The van der Waals surface area contributed by atoms with Crippen LogP contribution in [0.25, 0.3) is 0 Å². The van der Waals surface area contributed by atoms with Crippen LogP contribution in [0, 0.1) is 0 Å². The van der Waals surface area contributed by atoms with Gasteiger partial charge in [-0.25, -0.2) is 13.1 Å². The van der Waals surface area contributed by atoms with E-state index in [0.29, 0.717) is 4.90 Å². The minimum absolute atomic E-state index is 0. The molecule has 3 nitrogen and oxygen atoms in total. The first-order valence-corrected chi connectivity index (χ1v) is 4.64. The van der Waals surface area contributed by atoms with E-state index in [0.717, 1.165) is 0 Å². The van der Waals surface area contributed by atoms with Crippen molar-refractivity contribution in [1.82, 2.24) is 4.72 Å². The fourth-order valence-electron chi connectivity index (χ4n) is 0.717. The molecular formula is C7H9NNaO2S. The van der Waals surface area contributed by atoms with Crippen LogP contribution in [-0.4, -0.2) is 45.0 Å². The van der Waals surface area contributed by atoms with E-state index in [9.17, 15) is 8.42 Å². The Kier molecular flexibility index (Phi) is 5.04. The van der Waals surface area contributed by atoms with Crippen molar-refractivity contribution in [2.24, 2.45) is 0 Å². The van der Waals surface area contributed by atoms with Gasteiger partial charge in [-0.3, -0.25) is 0 Å². The van der Waals surface area contributed by atoms with Crippen molar-refractivity contribution in [3.8, 4) is 0 Å². The number of rotatable bonds is 2. The Morgan fingerprint density at radius 1 is 1.17 bits per heavy atom. The molecule has 0 saturated heterocycles. The van der Waals surface area contributed by atoms with Crippen LogP contribution in [0.15, 0.2) is 35.2 Å². The first-order valence-electron chi connectivity index (χ1n) is 3.15. The van der Waals surface area contributed by atoms with Crippen LogP contribution < -0.4 is 4.72 Å². The van der Waals surface area contributed by atoms with Gasteiger partial charge in [-0.1, -0.05) is 18.2 Å². The molecule has 0 unspecified atom stereocenters. The third-order valence-corrected chi connectivity index (χ3v) is 2.75. The van der Waals surface area contributed by atoms with E-state index in [1.165, 1.54) is 7.05 Å². The van der Waals surface area contributed by atoms with E-state index in [1.54, 1.807) is 30.3 Å². The zero-order valence-electron chi connectivity index (χ0n) is 7.11. The maximum absolute atomic E-state index is 11.1.